The van der Waals surface area contributed by atoms with Crippen molar-refractivity contribution in [1.82, 2.24) is 0 Å². The van der Waals surface area contributed by atoms with E-state index < -0.39 is 39.2 Å². The Morgan fingerprint density at radius 1 is 0.680 bits per heavy atom. The molecule has 0 bridgehead atoms. The lowest BCUT2D eigenvalue weighted by atomic mass is 9.67. The molecular weight excluding hydrogens is 640 g/mol. The van der Waals surface area contributed by atoms with Gasteiger partial charge in [0.05, 0.1) is 72.2 Å². The van der Waals surface area contributed by atoms with Gasteiger partial charge in [-0.15, -0.1) is 0 Å². The summed E-state index contributed by atoms with van der Waals surface area (Å²) < 4.78 is 38.1. The first-order valence-electron chi connectivity index (χ1n) is 18.9. The Hall–Kier alpha value is -0.850. The number of hydrogen-bond acceptors (Lipinski definition) is 10. The van der Waals surface area contributed by atoms with Crippen LogP contribution in [0.1, 0.15) is 150 Å². The van der Waals surface area contributed by atoms with Crippen molar-refractivity contribution < 1.29 is 48.5 Å². The molecule has 1 rings (SSSR count). The van der Waals surface area contributed by atoms with Crippen LogP contribution in [0.3, 0.4) is 0 Å². The summed E-state index contributed by atoms with van der Waals surface area (Å²) in [6.45, 7) is 35.5. The Labute approximate surface area is 306 Å². The highest BCUT2D eigenvalue weighted by Crippen LogP contribution is 2.48. The number of carbonyl (C=O) groups is 1. The summed E-state index contributed by atoms with van der Waals surface area (Å²) in [5, 5.41) is 31.2. The van der Waals surface area contributed by atoms with Crippen LogP contribution in [-0.2, 0) is 33.2 Å². The number of carbonyl (C=O) groups excluding carboxylic acids is 1. The topological polar surface area (TPSA) is 133 Å². The second-order valence-corrected chi connectivity index (χ2v) is 18.3. The third-order valence-corrected chi connectivity index (χ3v) is 9.74. The lowest BCUT2D eigenvalue weighted by Gasteiger charge is -2.47. The van der Waals surface area contributed by atoms with Crippen LogP contribution in [0.4, 0.5) is 0 Å². The standard InChI is InChI=1S/C38H74O10.C2H6/c1-27(43-20-16-32(2,3)40)28-25-44-31(30(28)38(14,15)47-22-18-34(6,7)42)29(37(12,13)46-21-17-33(4,5)41)24-36(10,11)45-23-19-35(8,9)48-26-39;1-2/h26-31,40-42H,16-25H2,1-15H3;1-2H3. The van der Waals surface area contributed by atoms with E-state index in [-0.39, 0.29) is 30.0 Å². The number of aliphatic hydroxyl groups is 3. The van der Waals surface area contributed by atoms with Gasteiger partial charge in [0, 0.05) is 30.8 Å². The monoisotopic (exact) mass is 721 g/mol. The summed E-state index contributed by atoms with van der Waals surface area (Å²) in [5.41, 5.74) is -5.14. The van der Waals surface area contributed by atoms with Gasteiger partial charge in [0.2, 0.25) is 0 Å². The average Bonchev–Trinajstić information content (AvgIpc) is 3.36. The Bertz CT molecular complexity index is 939. The first-order valence-corrected chi connectivity index (χ1v) is 18.9. The molecule has 0 aromatic heterocycles. The highest BCUT2D eigenvalue weighted by atomic mass is 16.5. The molecule has 0 aliphatic carbocycles. The quantitative estimate of drug-likeness (QED) is 0.0875. The fourth-order valence-corrected chi connectivity index (χ4v) is 6.44. The molecule has 0 saturated carbocycles. The zero-order valence-electron chi connectivity index (χ0n) is 35.2. The molecule has 1 aliphatic heterocycles. The van der Waals surface area contributed by atoms with Gasteiger partial charge < -0.3 is 43.7 Å². The highest BCUT2D eigenvalue weighted by molar-refractivity contribution is 5.38. The SMILES string of the molecule is CC.CC(OCCC(C)(C)O)C1COC(C(CC(C)(C)OCCC(C)(C)OC=O)C(C)(C)OCCC(C)(C)O)C1C(C)(C)OCCC(C)(C)O. The van der Waals surface area contributed by atoms with Crippen molar-refractivity contribution in [1.29, 1.82) is 0 Å². The minimum atomic E-state index is -0.867. The lowest BCUT2D eigenvalue weighted by Crippen LogP contribution is -2.54. The molecule has 1 aliphatic rings. The molecular formula is C40H80O10. The Balaban J connectivity index is 0.0000118. The van der Waals surface area contributed by atoms with E-state index in [0.29, 0.717) is 71.6 Å². The van der Waals surface area contributed by atoms with Gasteiger partial charge >= 0.3 is 0 Å². The van der Waals surface area contributed by atoms with Gasteiger partial charge in [0.15, 0.2) is 0 Å². The summed E-state index contributed by atoms with van der Waals surface area (Å²) in [5.74, 6) is -0.299. The van der Waals surface area contributed by atoms with Crippen molar-refractivity contribution in [3.8, 4) is 0 Å². The normalized spacial score (nSPS) is 21.0. The molecule has 1 fully saturated rings. The van der Waals surface area contributed by atoms with E-state index >= 15 is 0 Å². The molecule has 0 amide bonds. The van der Waals surface area contributed by atoms with E-state index in [9.17, 15) is 20.1 Å². The zero-order chi connectivity index (χ0) is 39.4. The summed E-state index contributed by atoms with van der Waals surface area (Å²) in [4.78, 5) is 11.0. The van der Waals surface area contributed by atoms with Crippen LogP contribution >= 0.6 is 0 Å². The summed E-state index contributed by atoms with van der Waals surface area (Å²) in [7, 11) is 0. The fraction of sp³-hybridized carbons (Fsp3) is 0.975. The van der Waals surface area contributed by atoms with Gasteiger partial charge in [-0.25, -0.2) is 0 Å². The predicted octanol–water partition coefficient (Wildman–Crippen LogP) is 7.27. The Kier molecular flexibility index (Phi) is 19.7. The summed E-state index contributed by atoms with van der Waals surface area (Å²) in [6, 6.07) is 0. The van der Waals surface area contributed by atoms with E-state index in [1.165, 1.54) is 0 Å². The minimum Gasteiger partial charge on any atom is -0.462 e. The maximum absolute atomic E-state index is 11.0. The Morgan fingerprint density at radius 2 is 1.14 bits per heavy atom. The molecule has 0 aromatic carbocycles. The molecule has 10 heteroatoms. The van der Waals surface area contributed by atoms with Gasteiger partial charge in [-0.2, -0.15) is 0 Å². The van der Waals surface area contributed by atoms with Crippen molar-refractivity contribution in [2.45, 2.75) is 201 Å². The van der Waals surface area contributed by atoms with E-state index in [1.807, 2.05) is 27.7 Å². The van der Waals surface area contributed by atoms with E-state index in [4.69, 9.17) is 28.4 Å². The van der Waals surface area contributed by atoms with Crippen molar-refractivity contribution >= 4 is 6.47 Å². The molecule has 0 spiro atoms. The van der Waals surface area contributed by atoms with Crippen LogP contribution in [0.15, 0.2) is 0 Å². The van der Waals surface area contributed by atoms with Gasteiger partial charge in [0.1, 0.15) is 5.60 Å². The van der Waals surface area contributed by atoms with Gasteiger partial charge in [-0.1, -0.05) is 13.8 Å². The van der Waals surface area contributed by atoms with Crippen LogP contribution in [-0.4, -0.2) is 106 Å². The number of ether oxygens (including phenoxy) is 6. The summed E-state index contributed by atoms with van der Waals surface area (Å²) >= 11 is 0. The second-order valence-electron chi connectivity index (χ2n) is 18.3. The highest BCUT2D eigenvalue weighted by Gasteiger charge is 2.55. The van der Waals surface area contributed by atoms with Crippen LogP contribution in [0.25, 0.3) is 0 Å². The molecule has 3 N–H and O–H groups in total. The molecule has 10 nitrogen and oxygen atoms in total. The molecule has 0 aromatic rings. The second kappa shape index (κ2) is 20.0. The third-order valence-electron chi connectivity index (χ3n) is 9.74. The van der Waals surface area contributed by atoms with E-state index in [2.05, 4.69) is 48.5 Å². The first-order chi connectivity index (χ1) is 22.5. The molecule has 5 unspecified atom stereocenters. The number of rotatable bonds is 24. The van der Waals surface area contributed by atoms with E-state index in [1.54, 1.807) is 41.5 Å². The zero-order valence-corrected chi connectivity index (χ0v) is 35.2. The molecule has 0 radical (unpaired) electrons. The predicted molar refractivity (Wildman–Crippen MR) is 200 cm³/mol. The smallest absolute Gasteiger partial charge is 0.293 e. The number of hydrogen-bond donors (Lipinski definition) is 3. The van der Waals surface area contributed by atoms with Gasteiger partial charge in [-0.05, 0) is 130 Å². The molecule has 5 atom stereocenters. The van der Waals surface area contributed by atoms with Crippen LogP contribution in [0.5, 0.6) is 0 Å². The molecule has 300 valence electrons. The van der Waals surface area contributed by atoms with Crippen molar-refractivity contribution in [3.63, 3.8) is 0 Å². The maximum atomic E-state index is 11.0. The molecule has 1 heterocycles. The Morgan fingerprint density at radius 3 is 1.62 bits per heavy atom. The van der Waals surface area contributed by atoms with Crippen LogP contribution in [0, 0.1) is 17.8 Å². The van der Waals surface area contributed by atoms with Crippen molar-refractivity contribution in [3.05, 3.63) is 0 Å². The largest absolute Gasteiger partial charge is 0.462 e. The maximum Gasteiger partial charge on any atom is 0.293 e. The third kappa shape index (κ3) is 19.3. The minimum absolute atomic E-state index is 0.0195. The van der Waals surface area contributed by atoms with Crippen molar-refractivity contribution in [2.75, 3.05) is 33.0 Å². The van der Waals surface area contributed by atoms with Crippen LogP contribution < -0.4 is 0 Å². The first kappa shape index (κ1) is 49.1. The van der Waals surface area contributed by atoms with Gasteiger partial charge in [-0.3, -0.25) is 4.79 Å². The van der Waals surface area contributed by atoms with Crippen molar-refractivity contribution in [2.24, 2.45) is 17.8 Å². The lowest BCUT2D eigenvalue weighted by molar-refractivity contribution is -0.170. The molecule has 1 saturated heterocycles. The molecule has 50 heavy (non-hydrogen) atoms. The fourth-order valence-electron chi connectivity index (χ4n) is 6.44. The van der Waals surface area contributed by atoms with Crippen LogP contribution in [0.2, 0.25) is 0 Å². The summed E-state index contributed by atoms with van der Waals surface area (Å²) in [6.07, 6.45) is 2.12. The average molecular weight is 721 g/mol. The van der Waals surface area contributed by atoms with Gasteiger partial charge in [0.25, 0.3) is 6.47 Å². The van der Waals surface area contributed by atoms with E-state index in [0.717, 1.165) is 0 Å².